The maximum atomic E-state index is 9.13. The summed E-state index contributed by atoms with van der Waals surface area (Å²) in [4.78, 5) is 0. The number of allylic oxidation sites excluding steroid dienone is 2. The first-order chi connectivity index (χ1) is 46.2. The molecule has 2 unspecified atom stereocenters. The van der Waals surface area contributed by atoms with Gasteiger partial charge in [-0.3, -0.25) is 0 Å². The van der Waals surface area contributed by atoms with Gasteiger partial charge in [0, 0.05) is 17.3 Å². The molecule has 406 valence electrons. The summed E-state index contributed by atoms with van der Waals surface area (Å²) in [5, 5.41) is 15.2. The normalized spacial score (nSPS) is 16.5. The van der Waals surface area contributed by atoms with E-state index in [9.17, 15) is 0 Å². The molecule has 0 nitrogen and oxygen atoms in total. The average Bonchev–Trinajstić information content (AvgIpc) is 1.22. The average molecular weight is 1110 g/mol. The third kappa shape index (κ3) is 7.64. The molecule has 0 heteroatoms. The lowest BCUT2D eigenvalue weighted by Gasteiger charge is -2.33. The van der Waals surface area contributed by atoms with Crippen LogP contribution in [0, 0.1) is 0 Å². The van der Waals surface area contributed by atoms with E-state index in [2.05, 4.69) is 184 Å². The summed E-state index contributed by atoms with van der Waals surface area (Å²) >= 11 is 0. The lowest BCUT2D eigenvalue weighted by atomic mass is 9.71. The van der Waals surface area contributed by atoms with Crippen LogP contribution in [0.4, 0.5) is 0 Å². The summed E-state index contributed by atoms with van der Waals surface area (Å²) in [6, 6.07) is 79.3. The predicted molar refractivity (Wildman–Crippen MR) is 373 cm³/mol. The minimum absolute atomic E-state index is 0.100. The SMILES string of the molecule is CC1(C)c2cc(-c3ccc(-c4ccc5ccc6cccc7ccc4c5c67)cc3)ccc2-c2ccc(C3C=Cc4ccc5cccc6c5c4C3C=C6)cc21.[2H]c1c([2H])c([2H])c2c(-c3cccc4ccccc34)c3c([2H])c([2H])c([2H])c([2H])c3c(-c3ccc4ccccc4c3)c2c1[2H]. The standard InChI is InChI=1S/C53H36.C34H22/c1-53(2)47-29-39(31-9-11-32(12-10-31)41-23-17-37-15-13-33-5-3-7-35-19-27-45(41)51(37)49(33)35)21-25-43(47)44-26-22-40(30-48(44)53)42-24-18-38-16-14-34-6-4-8-36-20-28-46(42)52(38)50(34)36;1-2-12-25-22-26(21-20-23(25)10-1)33-29-15-5-7-17-31(29)34(32-18-8-6-16-30(32)33)28-19-9-13-24-11-3-4-14-27(24)28/h3-30,42,46H,1-2H3;1-22H/i;5D,6D,7D,8D,15D,16D,17D,18D. The molecule has 0 fully saturated rings. The Morgan fingerprint density at radius 2 is 0.839 bits per heavy atom. The second kappa shape index (κ2) is 19.2. The van der Waals surface area contributed by atoms with Crippen LogP contribution in [-0.4, -0.2) is 0 Å². The number of hydrogen-bond donors (Lipinski definition) is 0. The van der Waals surface area contributed by atoms with Crippen LogP contribution < -0.4 is 0 Å². The van der Waals surface area contributed by atoms with Crippen LogP contribution >= 0.6 is 0 Å². The Labute approximate surface area is 517 Å². The Balaban J connectivity index is 0.000000143. The molecule has 0 aliphatic heterocycles. The molecule has 0 radical (unpaired) electrons. The lowest BCUT2D eigenvalue weighted by molar-refractivity contribution is 0.655. The number of rotatable bonds is 5. The number of hydrogen-bond acceptors (Lipinski definition) is 0. The van der Waals surface area contributed by atoms with E-state index in [1.165, 1.54) is 110 Å². The van der Waals surface area contributed by atoms with Crippen LogP contribution in [0.2, 0.25) is 0 Å². The molecule has 2 atom stereocenters. The van der Waals surface area contributed by atoms with Gasteiger partial charge in [-0.2, -0.15) is 0 Å². The molecule has 0 spiro atoms. The van der Waals surface area contributed by atoms with Gasteiger partial charge < -0.3 is 0 Å². The van der Waals surface area contributed by atoms with Gasteiger partial charge in [-0.15, -0.1) is 0 Å². The van der Waals surface area contributed by atoms with E-state index >= 15 is 0 Å². The quantitative estimate of drug-likeness (QED) is 0.119. The molecule has 19 rings (SSSR count). The Hall–Kier alpha value is -10.7. The van der Waals surface area contributed by atoms with Crippen molar-refractivity contribution in [2.75, 3.05) is 0 Å². The van der Waals surface area contributed by atoms with E-state index < -0.39 is 24.2 Å². The molecule has 3 aliphatic rings. The topological polar surface area (TPSA) is 0 Å². The first-order valence-electron chi connectivity index (χ1n) is 34.1. The minimum Gasteiger partial charge on any atom is -0.0755 e. The van der Waals surface area contributed by atoms with Crippen molar-refractivity contribution in [2.24, 2.45) is 0 Å². The molecule has 0 bridgehead atoms. The summed E-state index contributed by atoms with van der Waals surface area (Å²) in [7, 11) is 0. The van der Waals surface area contributed by atoms with Crippen molar-refractivity contribution in [3.63, 3.8) is 0 Å². The molecule has 0 heterocycles. The van der Waals surface area contributed by atoms with Crippen molar-refractivity contribution in [1.29, 1.82) is 0 Å². The van der Waals surface area contributed by atoms with Crippen LogP contribution in [0.25, 0.3) is 154 Å². The molecule has 3 aliphatic carbocycles. The van der Waals surface area contributed by atoms with E-state index in [1.807, 2.05) is 84.9 Å². The fraction of sp³-hybridized carbons (Fsp3) is 0.0575. The van der Waals surface area contributed by atoms with E-state index in [0.717, 1.165) is 21.5 Å². The minimum atomic E-state index is -0.404. The summed E-state index contributed by atoms with van der Waals surface area (Å²) in [5.41, 5.74) is 18.1. The van der Waals surface area contributed by atoms with Gasteiger partial charge in [-0.1, -0.05) is 305 Å². The highest BCUT2D eigenvalue weighted by molar-refractivity contribution is 6.26. The summed E-state index contributed by atoms with van der Waals surface area (Å²) in [5.74, 6) is 0.652. The van der Waals surface area contributed by atoms with Crippen molar-refractivity contribution in [3.05, 3.63) is 324 Å². The Bertz CT molecular complexity index is 6010. The van der Waals surface area contributed by atoms with Crippen LogP contribution in [0.15, 0.2) is 291 Å². The number of fused-ring (bicyclic) bond motifs is 7. The largest absolute Gasteiger partial charge is 0.0755 e. The molecule has 0 saturated heterocycles. The summed E-state index contributed by atoms with van der Waals surface area (Å²) in [6.07, 6.45) is 9.60. The van der Waals surface area contributed by atoms with Crippen molar-refractivity contribution in [3.8, 4) is 55.6 Å². The van der Waals surface area contributed by atoms with Crippen LogP contribution in [-0.2, 0) is 5.41 Å². The zero-order chi connectivity index (χ0) is 64.4. The zero-order valence-corrected chi connectivity index (χ0v) is 47.9. The van der Waals surface area contributed by atoms with Gasteiger partial charge in [-0.25, -0.2) is 0 Å². The molecule has 87 heavy (non-hydrogen) atoms. The molecule has 0 amide bonds. The predicted octanol–water partition coefficient (Wildman–Crippen LogP) is 23.9. The van der Waals surface area contributed by atoms with E-state index in [-0.39, 0.29) is 51.1 Å². The first-order valence-corrected chi connectivity index (χ1v) is 30.1. The summed E-state index contributed by atoms with van der Waals surface area (Å²) in [6.45, 7) is 4.82. The highest BCUT2D eigenvalue weighted by Gasteiger charge is 2.38. The number of benzene rings is 16. The fourth-order valence-electron chi connectivity index (χ4n) is 15.3. The fourth-order valence-corrected chi connectivity index (χ4v) is 15.3. The smallest absolute Gasteiger partial charge is 0.0629 e. The first kappa shape index (κ1) is 42.2. The van der Waals surface area contributed by atoms with Crippen molar-refractivity contribution >= 4 is 98.3 Å². The highest BCUT2D eigenvalue weighted by atomic mass is 14.4. The monoisotopic (exact) mass is 1110 g/mol. The molecule has 0 aromatic heterocycles. The maximum absolute atomic E-state index is 9.13. The third-order valence-electron chi connectivity index (χ3n) is 19.5. The second-order valence-corrected chi connectivity index (χ2v) is 24.4. The molecule has 16 aromatic carbocycles. The Morgan fingerprint density at radius 1 is 0.310 bits per heavy atom. The van der Waals surface area contributed by atoms with E-state index in [4.69, 9.17) is 11.0 Å². The Morgan fingerprint density at radius 3 is 1.62 bits per heavy atom. The van der Waals surface area contributed by atoms with Crippen LogP contribution in [0.1, 0.15) is 70.0 Å². The Kier molecular flexibility index (Phi) is 9.30. The van der Waals surface area contributed by atoms with Crippen molar-refractivity contribution in [2.45, 2.75) is 31.1 Å². The van der Waals surface area contributed by atoms with E-state index in [1.54, 1.807) is 0 Å². The van der Waals surface area contributed by atoms with E-state index in [0.29, 0.717) is 34.1 Å². The van der Waals surface area contributed by atoms with Crippen molar-refractivity contribution < 1.29 is 11.0 Å². The molecule has 16 aromatic rings. The van der Waals surface area contributed by atoms with Gasteiger partial charge in [0.05, 0.1) is 11.0 Å². The van der Waals surface area contributed by atoms with Crippen LogP contribution in [0.5, 0.6) is 0 Å². The van der Waals surface area contributed by atoms with Gasteiger partial charge >= 0.3 is 0 Å². The van der Waals surface area contributed by atoms with Gasteiger partial charge in [0.25, 0.3) is 0 Å². The second-order valence-electron chi connectivity index (χ2n) is 24.4. The van der Waals surface area contributed by atoms with Gasteiger partial charge in [0.15, 0.2) is 0 Å². The molecule has 0 N–H and O–H groups in total. The molecule has 0 saturated carbocycles. The lowest BCUT2D eigenvalue weighted by Crippen LogP contribution is -2.18. The zero-order valence-electron chi connectivity index (χ0n) is 55.9. The van der Waals surface area contributed by atoms with Gasteiger partial charge in [0.2, 0.25) is 0 Å². The van der Waals surface area contributed by atoms with Gasteiger partial charge in [-0.05, 0) is 187 Å². The van der Waals surface area contributed by atoms with Crippen molar-refractivity contribution in [1.82, 2.24) is 0 Å². The highest BCUT2D eigenvalue weighted by Crippen LogP contribution is 2.54. The summed E-state index contributed by atoms with van der Waals surface area (Å²) < 4.78 is 70.9. The van der Waals surface area contributed by atoms with Gasteiger partial charge in [0.1, 0.15) is 0 Å². The molecular weight excluding hydrogens is 1040 g/mol. The van der Waals surface area contributed by atoms with Crippen LogP contribution in [0.3, 0.4) is 0 Å². The maximum Gasteiger partial charge on any atom is 0.0629 e. The third-order valence-corrected chi connectivity index (χ3v) is 19.5. The molecular formula is C87H58.